The average Bonchev–Trinajstić information content (AvgIpc) is 3.00. The van der Waals surface area contributed by atoms with Gasteiger partial charge in [-0.15, -0.1) is 0 Å². The highest BCUT2D eigenvalue weighted by Crippen LogP contribution is 2.32. The Balaban J connectivity index is 1.73. The van der Waals surface area contributed by atoms with Crippen molar-refractivity contribution in [2.45, 2.75) is 31.7 Å². The highest BCUT2D eigenvalue weighted by atomic mass is 16.5. The number of carbonyl (C=O) groups excluding carboxylic acids is 2. The van der Waals surface area contributed by atoms with Crippen LogP contribution in [0.4, 0.5) is 0 Å². The molecule has 8 heteroatoms. The molecule has 0 bridgehead atoms. The van der Waals surface area contributed by atoms with Gasteiger partial charge in [0.05, 0.1) is 6.61 Å². The van der Waals surface area contributed by atoms with Crippen LogP contribution in [-0.4, -0.2) is 95.5 Å². The van der Waals surface area contributed by atoms with Crippen molar-refractivity contribution >= 4 is 11.8 Å². The lowest BCUT2D eigenvalue weighted by Crippen LogP contribution is -2.62. The van der Waals surface area contributed by atoms with Gasteiger partial charge in [-0.25, -0.2) is 4.98 Å². The number of likely N-dealkylation sites (N-methyl/N-ethyl adjacent to an activating group) is 1. The van der Waals surface area contributed by atoms with Crippen LogP contribution in [0.5, 0.6) is 0 Å². The highest BCUT2D eigenvalue weighted by molar-refractivity contribution is 5.90. The van der Waals surface area contributed by atoms with E-state index in [0.29, 0.717) is 45.0 Å². The molecule has 0 radical (unpaired) electrons. The molecule has 0 saturated carbocycles. The van der Waals surface area contributed by atoms with Gasteiger partial charge >= 0.3 is 0 Å². The summed E-state index contributed by atoms with van der Waals surface area (Å²) in [6.45, 7) is 5.89. The van der Waals surface area contributed by atoms with Crippen molar-refractivity contribution < 1.29 is 14.3 Å². The maximum absolute atomic E-state index is 12.8. The molecule has 1 atom stereocenters. The van der Waals surface area contributed by atoms with Crippen molar-refractivity contribution in [1.29, 1.82) is 0 Å². The number of nitrogens with zero attached hydrogens (tertiary/aromatic N) is 4. The number of imidazole rings is 1. The van der Waals surface area contributed by atoms with Crippen molar-refractivity contribution in [1.82, 2.24) is 24.7 Å². The van der Waals surface area contributed by atoms with E-state index in [-0.39, 0.29) is 17.4 Å². The van der Waals surface area contributed by atoms with E-state index in [1.165, 1.54) is 0 Å². The van der Waals surface area contributed by atoms with E-state index in [1.54, 1.807) is 13.3 Å². The molecule has 1 aromatic rings. The minimum atomic E-state index is -0.160. The first kappa shape index (κ1) is 18.8. The molecule has 0 aliphatic carbocycles. The highest BCUT2D eigenvalue weighted by Gasteiger charge is 2.43. The van der Waals surface area contributed by atoms with E-state index in [1.807, 2.05) is 16.7 Å². The van der Waals surface area contributed by atoms with Crippen molar-refractivity contribution in [3.63, 3.8) is 0 Å². The van der Waals surface area contributed by atoms with Crippen molar-refractivity contribution in [2.24, 2.45) is 0 Å². The number of carbonyl (C=O) groups is 2. The number of aromatic amines is 1. The van der Waals surface area contributed by atoms with E-state index in [0.717, 1.165) is 25.1 Å². The number of rotatable bonds is 4. The second kappa shape index (κ2) is 7.75. The van der Waals surface area contributed by atoms with Gasteiger partial charge in [-0.1, -0.05) is 0 Å². The first-order chi connectivity index (χ1) is 12.4. The molecule has 8 nitrogen and oxygen atoms in total. The summed E-state index contributed by atoms with van der Waals surface area (Å²) in [6.07, 6.45) is 3.82. The quantitative estimate of drug-likeness (QED) is 0.843. The van der Waals surface area contributed by atoms with Gasteiger partial charge in [0.25, 0.3) is 5.91 Å². The minimum Gasteiger partial charge on any atom is -0.383 e. The third-order valence-electron chi connectivity index (χ3n) is 5.76. The maximum Gasteiger partial charge on any atom is 0.289 e. The first-order valence-electron chi connectivity index (χ1n) is 9.24. The van der Waals surface area contributed by atoms with Gasteiger partial charge < -0.3 is 19.5 Å². The van der Waals surface area contributed by atoms with Crippen LogP contribution in [0.1, 0.15) is 35.6 Å². The molecular formula is C18H29N5O3. The molecule has 1 spiro atoms. The molecule has 3 heterocycles. The second-order valence-corrected chi connectivity index (χ2v) is 7.41. The normalized spacial score (nSPS) is 25.0. The summed E-state index contributed by atoms with van der Waals surface area (Å²) in [5, 5.41) is 0. The third-order valence-corrected chi connectivity index (χ3v) is 5.76. The van der Waals surface area contributed by atoms with Crippen LogP contribution >= 0.6 is 0 Å². The summed E-state index contributed by atoms with van der Waals surface area (Å²) in [7, 11) is 3.76. The standard InChI is InChI=1S/C18H29N5O3/c1-14-12-19-16(20-14)17(25)23-9-8-21(2)18(13-23)5-4-15(24)22(7-6-18)10-11-26-3/h12H,4-11,13H2,1-3H3,(H,19,20). The van der Waals surface area contributed by atoms with Gasteiger partial charge in [0, 0.05) is 63.7 Å². The Hall–Kier alpha value is -1.93. The molecule has 26 heavy (non-hydrogen) atoms. The molecular weight excluding hydrogens is 334 g/mol. The number of likely N-dealkylation sites (tertiary alicyclic amines) is 1. The summed E-state index contributed by atoms with van der Waals surface area (Å²) >= 11 is 0. The van der Waals surface area contributed by atoms with E-state index >= 15 is 0 Å². The molecule has 0 aromatic carbocycles. The molecule has 2 fully saturated rings. The summed E-state index contributed by atoms with van der Waals surface area (Å²) < 4.78 is 5.12. The number of hydrogen-bond acceptors (Lipinski definition) is 5. The zero-order valence-corrected chi connectivity index (χ0v) is 16.0. The number of piperazine rings is 1. The van der Waals surface area contributed by atoms with Crippen LogP contribution in [0, 0.1) is 6.92 Å². The minimum absolute atomic E-state index is 0.0580. The van der Waals surface area contributed by atoms with Crippen LogP contribution in [0.15, 0.2) is 6.20 Å². The lowest BCUT2D eigenvalue weighted by atomic mass is 9.86. The Labute approximate surface area is 154 Å². The molecule has 2 saturated heterocycles. The number of methoxy groups -OCH3 is 1. The van der Waals surface area contributed by atoms with E-state index in [2.05, 4.69) is 21.9 Å². The third kappa shape index (κ3) is 3.76. The zero-order chi connectivity index (χ0) is 18.7. The first-order valence-corrected chi connectivity index (χ1v) is 9.24. The predicted octanol–water partition coefficient (Wildman–Crippen LogP) is 0.503. The number of nitrogens with one attached hydrogen (secondary N) is 1. The average molecular weight is 363 g/mol. The Kier molecular flexibility index (Phi) is 5.62. The largest absolute Gasteiger partial charge is 0.383 e. The lowest BCUT2D eigenvalue weighted by Gasteiger charge is -2.49. The lowest BCUT2D eigenvalue weighted by molar-refractivity contribution is -0.131. The Bertz CT molecular complexity index is 661. The van der Waals surface area contributed by atoms with Crippen LogP contribution in [0.25, 0.3) is 0 Å². The molecule has 144 valence electrons. The number of aromatic nitrogens is 2. The Morgan fingerprint density at radius 2 is 2.15 bits per heavy atom. The van der Waals surface area contributed by atoms with Crippen LogP contribution < -0.4 is 0 Å². The molecule has 1 aromatic heterocycles. The molecule has 3 rings (SSSR count). The predicted molar refractivity (Wildman–Crippen MR) is 96.9 cm³/mol. The monoisotopic (exact) mass is 363 g/mol. The van der Waals surface area contributed by atoms with E-state index in [4.69, 9.17) is 4.74 Å². The van der Waals surface area contributed by atoms with Gasteiger partial charge in [-0.05, 0) is 26.8 Å². The zero-order valence-electron chi connectivity index (χ0n) is 16.0. The smallest absolute Gasteiger partial charge is 0.289 e. The summed E-state index contributed by atoms with van der Waals surface area (Å²) in [5.41, 5.74) is 0.721. The van der Waals surface area contributed by atoms with Crippen molar-refractivity contribution in [2.75, 3.05) is 53.5 Å². The van der Waals surface area contributed by atoms with E-state index in [9.17, 15) is 9.59 Å². The Morgan fingerprint density at radius 1 is 1.35 bits per heavy atom. The molecule has 1 N–H and O–H groups in total. The number of hydrogen-bond donors (Lipinski definition) is 1. The molecule has 2 amide bonds. The van der Waals surface area contributed by atoms with E-state index < -0.39 is 0 Å². The topological polar surface area (TPSA) is 81.8 Å². The SMILES string of the molecule is COCCN1CCC2(CCC1=O)CN(C(=O)c1ncc(C)[nH]1)CCN2C. The van der Waals surface area contributed by atoms with Gasteiger partial charge in [0.1, 0.15) is 0 Å². The summed E-state index contributed by atoms with van der Waals surface area (Å²) in [4.78, 5) is 38.6. The van der Waals surface area contributed by atoms with Crippen LogP contribution in [0.3, 0.4) is 0 Å². The Morgan fingerprint density at radius 3 is 2.85 bits per heavy atom. The number of aryl methyl sites for hydroxylation is 1. The number of ether oxygens (including phenoxy) is 1. The molecule has 1 unspecified atom stereocenters. The van der Waals surface area contributed by atoms with Gasteiger partial charge in [0.15, 0.2) is 5.82 Å². The van der Waals surface area contributed by atoms with Crippen LogP contribution in [0.2, 0.25) is 0 Å². The molecule has 2 aliphatic rings. The fraction of sp³-hybridized carbons (Fsp3) is 0.722. The van der Waals surface area contributed by atoms with Gasteiger partial charge in [-0.3, -0.25) is 14.5 Å². The fourth-order valence-electron chi connectivity index (χ4n) is 3.98. The summed E-state index contributed by atoms with van der Waals surface area (Å²) in [6, 6.07) is 0. The van der Waals surface area contributed by atoms with Gasteiger partial charge in [-0.2, -0.15) is 0 Å². The second-order valence-electron chi connectivity index (χ2n) is 7.41. The fourth-order valence-corrected chi connectivity index (χ4v) is 3.98. The number of amides is 2. The van der Waals surface area contributed by atoms with Crippen LogP contribution in [-0.2, 0) is 9.53 Å². The van der Waals surface area contributed by atoms with Crippen molar-refractivity contribution in [3.8, 4) is 0 Å². The summed E-state index contributed by atoms with van der Waals surface area (Å²) in [5.74, 6) is 0.517. The molecule has 2 aliphatic heterocycles. The number of H-pyrrole nitrogens is 1. The van der Waals surface area contributed by atoms with Crippen molar-refractivity contribution in [3.05, 3.63) is 17.7 Å². The maximum atomic E-state index is 12.8. The van der Waals surface area contributed by atoms with Gasteiger partial charge in [0.2, 0.25) is 5.91 Å².